The zero-order valence-corrected chi connectivity index (χ0v) is 19.7. The Morgan fingerprint density at radius 2 is 2.03 bits per heavy atom. The van der Waals surface area contributed by atoms with Crippen LogP contribution in [0.1, 0.15) is 37.1 Å². The zero-order chi connectivity index (χ0) is 22.2. The SMILES string of the molecule is CCn1c(SC(C)C(=O)Nc2ccc3c(c2)OCCO3)nc2sc3c(c2c1=O)CCCC3. The van der Waals surface area contributed by atoms with Gasteiger partial charge in [-0.25, -0.2) is 4.98 Å². The highest BCUT2D eigenvalue weighted by Crippen LogP contribution is 2.36. The van der Waals surface area contributed by atoms with E-state index in [1.54, 1.807) is 34.1 Å². The third-order valence-corrected chi connectivity index (χ3v) is 8.09. The lowest BCUT2D eigenvalue weighted by Gasteiger charge is -2.19. The molecule has 0 radical (unpaired) electrons. The van der Waals surface area contributed by atoms with E-state index in [0.717, 1.165) is 29.5 Å². The van der Waals surface area contributed by atoms with Gasteiger partial charge in [-0.05, 0) is 57.2 Å². The second kappa shape index (κ2) is 8.78. The molecule has 0 spiro atoms. The summed E-state index contributed by atoms with van der Waals surface area (Å²) in [6, 6.07) is 5.36. The maximum Gasteiger partial charge on any atom is 0.263 e. The number of hydrogen-bond acceptors (Lipinski definition) is 7. The molecule has 7 nitrogen and oxygen atoms in total. The van der Waals surface area contributed by atoms with E-state index in [0.29, 0.717) is 42.1 Å². The molecule has 0 fully saturated rings. The number of fused-ring (bicyclic) bond motifs is 4. The van der Waals surface area contributed by atoms with Gasteiger partial charge in [0, 0.05) is 23.2 Å². The molecular formula is C23H25N3O4S2. The molecule has 2 aromatic heterocycles. The summed E-state index contributed by atoms with van der Waals surface area (Å²) in [4.78, 5) is 33.1. The van der Waals surface area contributed by atoms with Crippen molar-refractivity contribution in [2.24, 2.45) is 0 Å². The molecule has 1 aromatic carbocycles. The molecule has 32 heavy (non-hydrogen) atoms. The summed E-state index contributed by atoms with van der Waals surface area (Å²) in [6.45, 7) is 5.30. The van der Waals surface area contributed by atoms with E-state index in [1.165, 1.54) is 28.6 Å². The van der Waals surface area contributed by atoms with Crippen LogP contribution in [0.2, 0.25) is 0 Å². The standard InChI is InChI=1S/C23H25N3O4S2/c1-3-26-22(28)19-15-6-4-5-7-18(15)32-21(19)25-23(26)31-13(2)20(27)24-14-8-9-16-17(12-14)30-11-10-29-16/h8-9,12-13H,3-7,10-11H2,1-2H3,(H,24,27). The molecule has 1 atom stereocenters. The Bertz CT molecular complexity index is 1250. The highest BCUT2D eigenvalue weighted by Gasteiger charge is 2.24. The average molecular weight is 472 g/mol. The van der Waals surface area contributed by atoms with Crippen LogP contribution in [-0.2, 0) is 24.2 Å². The van der Waals surface area contributed by atoms with Crippen molar-refractivity contribution in [1.82, 2.24) is 9.55 Å². The lowest BCUT2D eigenvalue weighted by Crippen LogP contribution is -2.27. The van der Waals surface area contributed by atoms with Crippen molar-refractivity contribution in [3.8, 4) is 11.5 Å². The molecule has 1 unspecified atom stereocenters. The molecule has 2 aliphatic rings. The maximum absolute atomic E-state index is 13.3. The van der Waals surface area contributed by atoms with Gasteiger partial charge in [0.15, 0.2) is 16.7 Å². The summed E-state index contributed by atoms with van der Waals surface area (Å²) >= 11 is 2.95. The Kier molecular flexibility index (Phi) is 5.86. The highest BCUT2D eigenvalue weighted by atomic mass is 32.2. The van der Waals surface area contributed by atoms with Crippen molar-refractivity contribution in [2.75, 3.05) is 18.5 Å². The Hall–Kier alpha value is -2.52. The molecule has 0 saturated heterocycles. The quantitative estimate of drug-likeness (QED) is 0.443. The van der Waals surface area contributed by atoms with Crippen LogP contribution in [0.15, 0.2) is 28.2 Å². The molecule has 168 valence electrons. The number of benzene rings is 1. The number of aryl methyl sites for hydroxylation is 2. The van der Waals surface area contributed by atoms with Crippen LogP contribution >= 0.6 is 23.1 Å². The van der Waals surface area contributed by atoms with E-state index in [1.807, 2.05) is 13.8 Å². The van der Waals surface area contributed by atoms with Crippen LogP contribution in [0.5, 0.6) is 11.5 Å². The minimum atomic E-state index is -0.431. The fraction of sp³-hybridized carbons (Fsp3) is 0.435. The van der Waals surface area contributed by atoms with Gasteiger partial charge in [0.25, 0.3) is 5.56 Å². The molecule has 3 aromatic rings. The third-order valence-electron chi connectivity index (χ3n) is 5.82. The van der Waals surface area contributed by atoms with Crippen LogP contribution in [0.3, 0.4) is 0 Å². The van der Waals surface area contributed by atoms with Crippen molar-refractivity contribution >= 4 is 44.9 Å². The Morgan fingerprint density at radius 1 is 1.25 bits per heavy atom. The number of rotatable bonds is 5. The number of hydrogen-bond donors (Lipinski definition) is 1. The maximum atomic E-state index is 13.3. The lowest BCUT2D eigenvalue weighted by atomic mass is 9.97. The third kappa shape index (κ3) is 3.88. The van der Waals surface area contributed by atoms with Crippen molar-refractivity contribution < 1.29 is 14.3 Å². The smallest absolute Gasteiger partial charge is 0.263 e. The Balaban J connectivity index is 1.38. The predicted octanol–water partition coefficient (Wildman–Crippen LogP) is 4.25. The summed E-state index contributed by atoms with van der Waals surface area (Å²) in [7, 11) is 0. The number of thiophene rings is 1. The number of aromatic nitrogens is 2. The van der Waals surface area contributed by atoms with Gasteiger partial charge in [0.2, 0.25) is 5.91 Å². The van der Waals surface area contributed by atoms with Crippen LogP contribution in [0.25, 0.3) is 10.2 Å². The normalized spacial score (nSPS) is 15.9. The van der Waals surface area contributed by atoms with Gasteiger partial charge in [-0.2, -0.15) is 0 Å². The lowest BCUT2D eigenvalue weighted by molar-refractivity contribution is -0.115. The number of amides is 1. The molecule has 1 amide bonds. The van der Waals surface area contributed by atoms with Gasteiger partial charge < -0.3 is 14.8 Å². The van der Waals surface area contributed by atoms with E-state index in [2.05, 4.69) is 5.32 Å². The summed E-state index contributed by atoms with van der Waals surface area (Å²) < 4.78 is 12.8. The van der Waals surface area contributed by atoms with Gasteiger partial charge in [-0.1, -0.05) is 11.8 Å². The number of carbonyl (C=O) groups is 1. The Morgan fingerprint density at radius 3 is 2.84 bits per heavy atom. The predicted molar refractivity (Wildman–Crippen MR) is 128 cm³/mol. The average Bonchev–Trinajstić information content (AvgIpc) is 3.17. The minimum Gasteiger partial charge on any atom is -0.486 e. The van der Waals surface area contributed by atoms with Crippen LogP contribution in [0.4, 0.5) is 5.69 Å². The summed E-state index contributed by atoms with van der Waals surface area (Å²) in [6.07, 6.45) is 4.27. The second-order valence-electron chi connectivity index (χ2n) is 7.94. The molecule has 3 heterocycles. The van der Waals surface area contributed by atoms with E-state index in [9.17, 15) is 9.59 Å². The van der Waals surface area contributed by atoms with E-state index >= 15 is 0 Å². The number of nitrogens with zero attached hydrogens (tertiary/aromatic N) is 2. The van der Waals surface area contributed by atoms with E-state index in [-0.39, 0.29) is 11.5 Å². The Labute approximate surface area is 194 Å². The molecule has 1 aliphatic carbocycles. The fourth-order valence-corrected chi connectivity index (χ4v) is 6.44. The largest absolute Gasteiger partial charge is 0.486 e. The van der Waals surface area contributed by atoms with Crippen LogP contribution in [-0.4, -0.2) is 33.9 Å². The summed E-state index contributed by atoms with van der Waals surface area (Å²) in [5, 5.41) is 3.88. The minimum absolute atomic E-state index is 0.0128. The number of anilines is 1. The van der Waals surface area contributed by atoms with Gasteiger partial charge in [0.1, 0.15) is 18.0 Å². The molecule has 1 aliphatic heterocycles. The zero-order valence-electron chi connectivity index (χ0n) is 18.1. The molecular weight excluding hydrogens is 446 g/mol. The van der Waals surface area contributed by atoms with Crippen molar-refractivity contribution in [3.05, 3.63) is 39.0 Å². The van der Waals surface area contributed by atoms with Crippen molar-refractivity contribution in [3.63, 3.8) is 0 Å². The number of thioether (sulfide) groups is 1. The molecule has 5 rings (SSSR count). The number of nitrogens with one attached hydrogen (secondary N) is 1. The first-order valence-corrected chi connectivity index (χ1v) is 12.7. The number of carbonyl (C=O) groups excluding carboxylic acids is 1. The van der Waals surface area contributed by atoms with Crippen LogP contribution < -0.4 is 20.3 Å². The van der Waals surface area contributed by atoms with Gasteiger partial charge in [-0.15, -0.1) is 11.3 Å². The fourth-order valence-electron chi connectivity index (χ4n) is 4.17. The number of ether oxygens (including phenoxy) is 2. The monoisotopic (exact) mass is 471 g/mol. The first-order valence-electron chi connectivity index (χ1n) is 11.0. The van der Waals surface area contributed by atoms with Gasteiger partial charge >= 0.3 is 0 Å². The van der Waals surface area contributed by atoms with E-state index < -0.39 is 5.25 Å². The molecule has 0 saturated carbocycles. The van der Waals surface area contributed by atoms with Gasteiger partial charge in [0.05, 0.1) is 10.6 Å². The topological polar surface area (TPSA) is 82.5 Å². The first kappa shape index (κ1) is 21.3. The van der Waals surface area contributed by atoms with Crippen molar-refractivity contribution in [1.29, 1.82) is 0 Å². The van der Waals surface area contributed by atoms with Gasteiger partial charge in [-0.3, -0.25) is 14.2 Å². The van der Waals surface area contributed by atoms with E-state index in [4.69, 9.17) is 14.5 Å². The molecule has 1 N–H and O–H groups in total. The first-order chi connectivity index (χ1) is 15.5. The molecule has 9 heteroatoms. The van der Waals surface area contributed by atoms with Crippen molar-refractivity contribution in [2.45, 2.75) is 56.5 Å². The highest BCUT2D eigenvalue weighted by molar-refractivity contribution is 8.00. The second-order valence-corrected chi connectivity index (χ2v) is 10.3. The summed E-state index contributed by atoms with van der Waals surface area (Å²) in [5.74, 6) is 1.15. The van der Waals surface area contributed by atoms with Crippen LogP contribution in [0, 0.1) is 0 Å². The summed E-state index contributed by atoms with van der Waals surface area (Å²) in [5.41, 5.74) is 1.85. The molecule has 0 bridgehead atoms.